The Bertz CT molecular complexity index is 1010. The van der Waals surface area contributed by atoms with Gasteiger partial charge in [0.2, 0.25) is 5.91 Å². The maximum Gasteiger partial charge on any atom is 0.328 e. The molecular weight excluding hydrogens is 370 g/mol. The lowest BCUT2D eigenvalue weighted by Crippen LogP contribution is -2.50. The average molecular weight is 391 g/mol. The molecule has 0 radical (unpaired) electrons. The fourth-order valence-electron chi connectivity index (χ4n) is 5.13. The van der Waals surface area contributed by atoms with E-state index in [2.05, 4.69) is 0 Å². The molecule has 2 fully saturated rings. The molecule has 2 aromatic carbocycles. The van der Waals surface area contributed by atoms with Crippen molar-refractivity contribution in [2.75, 3.05) is 26.3 Å². The second-order valence-electron chi connectivity index (χ2n) is 7.97. The molecule has 3 atom stereocenters. The van der Waals surface area contributed by atoms with Gasteiger partial charge in [-0.05, 0) is 13.0 Å². The highest BCUT2D eigenvalue weighted by molar-refractivity contribution is 6.21. The largest absolute Gasteiger partial charge is 0.425 e. The van der Waals surface area contributed by atoms with Gasteiger partial charge in [-0.25, -0.2) is 0 Å². The number of carbonyl (C=O) groups is 3. The summed E-state index contributed by atoms with van der Waals surface area (Å²) in [6, 6.07) is 16.0. The van der Waals surface area contributed by atoms with Gasteiger partial charge in [0.05, 0.1) is 18.6 Å². The van der Waals surface area contributed by atoms with Crippen molar-refractivity contribution in [3.8, 4) is 5.75 Å². The predicted octanol–water partition coefficient (Wildman–Crippen LogP) is 2.44. The van der Waals surface area contributed by atoms with E-state index in [1.165, 1.54) is 0 Å². The number of morpholine rings is 1. The molecule has 6 nitrogen and oxygen atoms in total. The minimum atomic E-state index is -1.54. The summed E-state index contributed by atoms with van der Waals surface area (Å²) in [5.41, 5.74) is -1.51. The smallest absolute Gasteiger partial charge is 0.328 e. The summed E-state index contributed by atoms with van der Waals surface area (Å²) in [5, 5.41) is 0. The molecule has 1 amide bonds. The summed E-state index contributed by atoms with van der Waals surface area (Å²) < 4.78 is 11.0. The summed E-state index contributed by atoms with van der Waals surface area (Å²) in [4.78, 5) is 42.3. The van der Waals surface area contributed by atoms with Crippen LogP contribution in [0.25, 0.3) is 0 Å². The van der Waals surface area contributed by atoms with E-state index in [1.54, 1.807) is 48.2 Å². The number of Topliss-reactive ketones (excluding diaryl/α,β-unsaturated/α-hetero) is 1. The summed E-state index contributed by atoms with van der Waals surface area (Å²) in [5.74, 6) is -1.30. The maximum absolute atomic E-state index is 13.7. The number of para-hydroxylation sites is 1. The number of ketones is 1. The van der Waals surface area contributed by atoms with Crippen LogP contribution in [0.5, 0.6) is 5.75 Å². The van der Waals surface area contributed by atoms with Gasteiger partial charge in [-0.3, -0.25) is 14.4 Å². The molecule has 1 saturated heterocycles. The number of nitrogens with zero attached hydrogens (tertiary/aromatic N) is 1. The summed E-state index contributed by atoms with van der Waals surface area (Å²) in [6.07, 6.45) is 0. The molecule has 1 saturated carbocycles. The molecule has 29 heavy (non-hydrogen) atoms. The Morgan fingerprint density at radius 2 is 1.66 bits per heavy atom. The van der Waals surface area contributed by atoms with Gasteiger partial charge in [0, 0.05) is 30.1 Å². The molecule has 2 heterocycles. The number of rotatable bonds is 3. The topological polar surface area (TPSA) is 72.9 Å². The first kappa shape index (κ1) is 18.1. The number of hydrogen-bond acceptors (Lipinski definition) is 5. The van der Waals surface area contributed by atoms with Gasteiger partial charge in [0.15, 0.2) is 11.2 Å². The third-order valence-electron chi connectivity index (χ3n) is 6.64. The van der Waals surface area contributed by atoms with Crippen LogP contribution in [0.15, 0.2) is 54.6 Å². The minimum absolute atomic E-state index is 0.210. The molecule has 0 N–H and O–H groups in total. The lowest BCUT2D eigenvalue weighted by atomic mass is 9.86. The van der Waals surface area contributed by atoms with Gasteiger partial charge in [-0.1, -0.05) is 48.5 Å². The second kappa shape index (κ2) is 6.26. The highest BCUT2D eigenvalue weighted by Crippen LogP contribution is 2.78. The third kappa shape index (κ3) is 2.23. The van der Waals surface area contributed by atoms with Gasteiger partial charge in [-0.2, -0.15) is 0 Å². The average Bonchev–Trinajstić information content (AvgIpc) is 3.37. The van der Waals surface area contributed by atoms with Gasteiger partial charge < -0.3 is 14.4 Å². The van der Waals surface area contributed by atoms with Crippen molar-refractivity contribution in [3.05, 3.63) is 65.7 Å². The molecule has 0 spiro atoms. The lowest BCUT2D eigenvalue weighted by Gasteiger charge is -2.32. The van der Waals surface area contributed by atoms with E-state index >= 15 is 0 Å². The van der Waals surface area contributed by atoms with Gasteiger partial charge in [0.1, 0.15) is 5.75 Å². The van der Waals surface area contributed by atoms with E-state index in [9.17, 15) is 14.4 Å². The molecule has 5 rings (SSSR count). The predicted molar refractivity (Wildman–Crippen MR) is 104 cm³/mol. The van der Waals surface area contributed by atoms with Gasteiger partial charge in [0.25, 0.3) is 0 Å². The van der Waals surface area contributed by atoms with Crippen LogP contribution in [0.4, 0.5) is 0 Å². The van der Waals surface area contributed by atoms with Crippen molar-refractivity contribution < 1.29 is 23.9 Å². The fourth-order valence-corrected chi connectivity index (χ4v) is 5.13. The molecule has 6 heteroatoms. The van der Waals surface area contributed by atoms with Crippen LogP contribution in [0.1, 0.15) is 28.8 Å². The van der Waals surface area contributed by atoms with Crippen molar-refractivity contribution in [2.24, 2.45) is 10.8 Å². The highest BCUT2D eigenvalue weighted by Gasteiger charge is 2.88. The van der Waals surface area contributed by atoms with E-state index < -0.39 is 22.7 Å². The molecule has 0 aromatic heterocycles. The van der Waals surface area contributed by atoms with Gasteiger partial charge >= 0.3 is 5.97 Å². The summed E-state index contributed by atoms with van der Waals surface area (Å²) in [6.45, 7) is 3.37. The summed E-state index contributed by atoms with van der Waals surface area (Å²) in [7, 11) is 0. The van der Waals surface area contributed by atoms with Crippen molar-refractivity contribution in [1.29, 1.82) is 0 Å². The van der Waals surface area contributed by atoms with Crippen LogP contribution in [-0.2, 0) is 14.3 Å². The Kier molecular flexibility index (Phi) is 3.90. The SMILES string of the molecule is C[C@@]1(C(=O)c2ccccc2)[C@H]2c3ccccc3OC(=O)[C@]21C(=O)N1CCOCC1. The fraction of sp³-hybridized carbons (Fsp3) is 0.348. The van der Waals surface area contributed by atoms with Crippen LogP contribution in [0.3, 0.4) is 0 Å². The molecule has 1 aliphatic carbocycles. The number of hydrogen-bond donors (Lipinski definition) is 0. The second-order valence-corrected chi connectivity index (χ2v) is 7.97. The van der Waals surface area contributed by atoms with E-state index in [-0.39, 0.29) is 11.7 Å². The Morgan fingerprint density at radius 3 is 2.38 bits per heavy atom. The number of esters is 1. The number of amides is 1. The lowest BCUT2D eigenvalue weighted by molar-refractivity contribution is -0.156. The summed E-state index contributed by atoms with van der Waals surface area (Å²) >= 11 is 0. The van der Waals surface area contributed by atoms with E-state index in [1.807, 2.05) is 18.2 Å². The number of ether oxygens (including phenoxy) is 2. The Hall–Kier alpha value is -2.99. The number of fused-ring (bicyclic) bond motifs is 3. The molecule has 2 aliphatic heterocycles. The molecule has 148 valence electrons. The van der Waals surface area contributed by atoms with Crippen molar-refractivity contribution in [2.45, 2.75) is 12.8 Å². The Labute approximate surface area is 168 Å². The van der Waals surface area contributed by atoms with E-state index in [4.69, 9.17) is 9.47 Å². The zero-order chi connectivity index (χ0) is 20.2. The standard InChI is InChI=1S/C23H21NO5/c1-22(19(25)15-7-3-2-4-8-15)18-16-9-5-6-10-17(16)29-21(27)23(18,22)20(26)24-11-13-28-14-12-24/h2-10,18H,11-14H2,1H3/t18-,22+,23-/m1/s1. The third-order valence-corrected chi connectivity index (χ3v) is 6.64. The number of carbonyl (C=O) groups excluding carboxylic acids is 3. The Morgan fingerprint density at radius 1 is 1.00 bits per heavy atom. The van der Waals surface area contributed by atoms with Crippen LogP contribution in [0, 0.1) is 10.8 Å². The van der Waals surface area contributed by atoms with Crippen LogP contribution < -0.4 is 4.74 Å². The van der Waals surface area contributed by atoms with Gasteiger partial charge in [-0.15, -0.1) is 0 Å². The highest BCUT2D eigenvalue weighted by atomic mass is 16.5. The van der Waals surface area contributed by atoms with Crippen molar-refractivity contribution in [3.63, 3.8) is 0 Å². The quantitative estimate of drug-likeness (QED) is 0.348. The molecule has 3 aliphatic rings. The minimum Gasteiger partial charge on any atom is -0.425 e. The Balaban J connectivity index is 1.66. The zero-order valence-electron chi connectivity index (χ0n) is 16.1. The van der Waals surface area contributed by atoms with Crippen LogP contribution in [-0.4, -0.2) is 48.9 Å². The normalized spacial score (nSPS) is 30.0. The maximum atomic E-state index is 13.7. The van der Waals surface area contributed by atoms with Crippen LogP contribution >= 0.6 is 0 Å². The molecule has 2 aromatic rings. The molecule has 0 unspecified atom stereocenters. The first-order valence-electron chi connectivity index (χ1n) is 9.81. The van der Waals surface area contributed by atoms with E-state index in [0.717, 1.165) is 5.56 Å². The molecular formula is C23H21NO5. The van der Waals surface area contributed by atoms with E-state index in [0.29, 0.717) is 37.6 Å². The monoisotopic (exact) mass is 391 g/mol. The van der Waals surface area contributed by atoms with Crippen molar-refractivity contribution in [1.82, 2.24) is 4.90 Å². The first-order valence-corrected chi connectivity index (χ1v) is 9.81. The van der Waals surface area contributed by atoms with Crippen molar-refractivity contribution >= 4 is 17.7 Å². The van der Waals surface area contributed by atoms with Crippen LogP contribution in [0.2, 0.25) is 0 Å². The number of benzene rings is 2. The first-order chi connectivity index (χ1) is 14.0. The zero-order valence-corrected chi connectivity index (χ0v) is 16.1. The molecule has 0 bridgehead atoms.